The van der Waals surface area contributed by atoms with Gasteiger partial charge in [0.1, 0.15) is 0 Å². The molecule has 0 aliphatic carbocycles. The Bertz CT molecular complexity index is 624. The summed E-state index contributed by atoms with van der Waals surface area (Å²) in [4.78, 5) is 9.05. The van der Waals surface area contributed by atoms with Gasteiger partial charge in [-0.15, -0.1) is 0 Å². The van der Waals surface area contributed by atoms with E-state index in [4.69, 9.17) is 5.26 Å². The molecule has 1 aromatic carbocycles. The number of benzene rings is 1. The zero-order valence-electron chi connectivity index (χ0n) is 10.9. The molecule has 1 heterocycles. The average Bonchev–Trinajstić information content (AvgIpc) is 2.36. The molecule has 0 N–H and O–H groups in total. The number of nitriles is 1. The lowest BCUT2D eigenvalue weighted by atomic mass is 10.0. The van der Waals surface area contributed by atoms with Gasteiger partial charge in [-0.05, 0) is 32.4 Å². The summed E-state index contributed by atoms with van der Waals surface area (Å²) in [5.41, 5.74) is 5.50. The molecule has 1 aromatic heterocycles. The third-order valence-electron chi connectivity index (χ3n) is 3.08. The van der Waals surface area contributed by atoms with Gasteiger partial charge in [-0.2, -0.15) is 5.26 Å². The lowest BCUT2D eigenvalue weighted by molar-refractivity contribution is 0.919. The molecule has 3 nitrogen and oxygen atoms in total. The van der Waals surface area contributed by atoms with Gasteiger partial charge in [0, 0.05) is 6.42 Å². The van der Waals surface area contributed by atoms with Gasteiger partial charge in [0.2, 0.25) is 0 Å². The van der Waals surface area contributed by atoms with Crippen LogP contribution in [0.3, 0.4) is 0 Å². The SMILES string of the molecule is Cc1nc(C)c(Cc2ccccc2C#N)nc1C. The van der Waals surface area contributed by atoms with Crippen LogP contribution in [-0.4, -0.2) is 9.97 Å². The maximum absolute atomic E-state index is 9.08. The molecule has 0 unspecified atom stereocenters. The average molecular weight is 237 g/mol. The minimum atomic E-state index is 0.656. The van der Waals surface area contributed by atoms with Crippen molar-refractivity contribution in [3.05, 3.63) is 58.2 Å². The molecule has 3 heteroatoms. The van der Waals surface area contributed by atoms with Crippen molar-refractivity contribution in [1.82, 2.24) is 9.97 Å². The zero-order chi connectivity index (χ0) is 13.1. The van der Waals surface area contributed by atoms with E-state index in [1.807, 2.05) is 45.0 Å². The van der Waals surface area contributed by atoms with Crippen molar-refractivity contribution in [1.29, 1.82) is 5.26 Å². The highest BCUT2D eigenvalue weighted by Crippen LogP contribution is 2.15. The second kappa shape index (κ2) is 4.97. The van der Waals surface area contributed by atoms with Gasteiger partial charge in [0.05, 0.1) is 34.4 Å². The third kappa shape index (κ3) is 2.38. The quantitative estimate of drug-likeness (QED) is 0.807. The molecule has 0 saturated carbocycles. The van der Waals surface area contributed by atoms with Gasteiger partial charge in [-0.25, -0.2) is 0 Å². The molecule has 0 spiro atoms. The highest BCUT2D eigenvalue weighted by Gasteiger charge is 2.08. The van der Waals surface area contributed by atoms with Crippen molar-refractivity contribution in [3.63, 3.8) is 0 Å². The predicted molar refractivity (Wildman–Crippen MR) is 70.2 cm³/mol. The van der Waals surface area contributed by atoms with Gasteiger partial charge in [-0.1, -0.05) is 18.2 Å². The number of aromatic nitrogens is 2. The predicted octanol–water partition coefficient (Wildman–Crippen LogP) is 2.86. The van der Waals surface area contributed by atoms with Crippen molar-refractivity contribution >= 4 is 0 Å². The van der Waals surface area contributed by atoms with Crippen molar-refractivity contribution in [3.8, 4) is 6.07 Å². The molecule has 0 amide bonds. The Balaban J connectivity index is 2.41. The van der Waals surface area contributed by atoms with Gasteiger partial charge in [0.25, 0.3) is 0 Å². The molecule has 0 radical (unpaired) electrons. The Morgan fingerprint density at radius 1 is 1.00 bits per heavy atom. The normalized spacial score (nSPS) is 10.1. The second-order valence-corrected chi connectivity index (χ2v) is 4.37. The van der Waals surface area contributed by atoms with E-state index in [-0.39, 0.29) is 0 Å². The molecular formula is C15H15N3. The Hall–Kier alpha value is -2.21. The van der Waals surface area contributed by atoms with Crippen LogP contribution in [0.15, 0.2) is 24.3 Å². The molecule has 2 rings (SSSR count). The zero-order valence-corrected chi connectivity index (χ0v) is 10.9. The first kappa shape index (κ1) is 12.3. The van der Waals surface area contributed by atoms with Crippen LogP contribution in [0, 0.1) is 32.1 Å². The van der Waals surface area contributed by atoms with E-state index in [2.05, 4.69) is 16.0 Å². The number of nitrogens with zero attached hydrogens (tertiary/aromatic N) is 3. The number of rotatable bonds is 2. The lowest BCUT2D eigenvalue weighted by Crippen LogP contribution is -2.04. The fraction of sp³-hybridized carbons (Fsp3) is 0.267. The van der Waals surface area contributed by atoms with Crippen molar-refractivity contribution in [2.45, 2.75) is 27.2 Å². The van der Waals surface area contributed by atoms with E-state index in [1.165, 1.54) is 0 Å². The maximum atomic E-state index is 9.08. The molecule has 2 aromatic rings. The summed E-state index contributed by atoms with van der Waals surface area (Å²) in [7, 11) is 0. The van der Waals surface area contributed by atoms with Gasteiger partial charge in [-0.3, -0.25) is 9.97 Å². The van der Waals surface area contributed by atoms with Gasteiger partial charge < -0.3 is 0 Å². The van der Waals surface area contributed by atoms with Gasteiger partial charge in [0.15, 0.2) is 0 Å². The standard InChI is InChI=1S/C15H15N3/c1-10-11(2)18-15(12(3)17-10)8-13-6-4-5-7-14(13)9-16/h4-7H,8H2,1-3H3. The Morgan fingerprint density at radius 3 is 2.39 bits per heavy atom. The van der Waals surface area contributed by atoms with Crippen LogP contribution in [-0.2, 0) is 6.42 Å². The molecular weight excluding hydrogens is 222 g/mol. The summed E-state index contributed by atoms with van der Waals surface area (Å²) < 4.78 is 0. The van der Waals surface area contributed by atoms with Crippen LogP contribution < -0.4 is 0 Å². The molecule has 0 fully saturated rings. The minimum Gasteiger partial charge on any atom is -0.255 e. The van der Waals surface area contributed by atoms with Crippen molar-refractivity contribution < 1.29 is 0 Å². The molecule has 0 bridgehead atoms. The van der Waals surface area contributed by atoms with E-state index in [0.717, 1.165) is 28.3 Å². The molecule has 0 atom stereocenters. The largest absolute Gasteiger partial charge is 0.255 e. The number of hydrogen-bond donors (Lipinski definition) is 0. The molecule has 0 aliphatic rings. The van der Waals surface area contributed by atoms with E-state index >= 15 is 0 Å². The van der Waals surface area contributed by atoms with E-state index in [0.29, 0.717) is 12.0 Å². The summed E-state index contributed by atoms with van der Waals surface area (Å²) in [5.74, 6) is 0. The molecule has 0 aliphatic heterocycles. The number of aryl methyl sites for hydroxylation is 3. The van der Waals surface area contributed by atoms with Crippen LogP contribution in [0.25, 0.3) is 0 Å². The van der Waals surface area contributed by atoms with Crippen LogP contribution >= 0.6 is 0 Å². The second-order valence-electron chi connectivity index (χ2n) is 4.37. The summed E-state index contributed by atoms with van der Waals surface area (Å²) in [5, 5.41) is 9.08. The molecule has 90 valence electrons. The fourth-order valence-corrected chi connectivity index (χ4v) is 1.89. The van der Waals surface area contributed by atoms with Crippen LogP contribution in [0.2, 0.25) is 0 Å². The first-order chi connectivity index (χ1) is 8.61. The third-order valence-corrected chi connectivity index (χ3v) is 3.08. The monoisotopic (exact) mass is 237 g/mol. The fourth-order valence-electron chi connectivity index (χ4n) is 1.89. The summed E-state index contributed by atoms with van der Waals surface area (Å²) in [6.07, 6.45) is 0.656. The number of hydrogen-bond acceptors (Lipinski definition) is 3. The van der Waals surface area contributed by atoms with E-state index in [9.17, 15) is 0 Å². The van der Waals surface area contributed by atoms with Crippen molar-refractivity contribution in [2.24, 2.45) is 0 Å². The molecule has 0 saturated heterocycles. The minimum absolute atomic E-state index is 0.656. The first-order valence-electron chi connectivity index (χ1n) is 5.90. The topological polar surface area (TPSA) is 49.6 Å². The highest BCUT2D eigenvalue weighted by atomic mass is 14.8. The summed E-state index contributed by atoms with van der Waals surface area (Å²) in [6, 6.07) is 9.83. The van der Waals surface area contributed by atoms with Crippen molar-refractivity contribution in [2.75, 3.05) is 0 Å². The van der Waals surface area contributed by atoms with E-state index in [1.54, 1.807) is 0 Å². The highest BCUT2D eigenvalue weighted by molar-refractivity contribution is 5.40. The molecule has 18 heavy (non-hydrogen) atoms. The smallest absolute Gasteiger partial charge is 0.0994 e. The lowest BCUT2D eigenvalue weighted by Gasteiger charge is -2.08. The summed E-state index contributed by atoms with van der Waals surface area (Å²) in [6.45, 7) is 5.88. The van der Waals surface area contributed by atoms with Crippen LogP contribution in [0.1, 0.15) is 33.9 Å². The first-order valence-corrected chi connectivity index (χ1v) is 5.90. The summed E-state index contributed by atoms with van der Waals surface area (Å²) >= 11 is 0. The van der Waals surface area contributed by atoms with Crippen LogP contribution in [0.5, 0.6) is 0 Å². The van der Waals surface area contributed by atoms with Crippen LogP contribution in [0.4, 0.5) is 0 Å². The Morgan fingerprint density at radius 2 is 1.67 bits per heavy atom. The van der Waals surface area contributed by atoms with Gasteiger partial charge >= 0.3 is 0 Å². The Labute approximate surface area is 107 Å². The maximum Gasteiger partial charge on any atom is 0.0994 e. The Kier molecular flexibility index (Phi) is 3.38. The van der Waals surface area contributed by atoms with E-state index < -0.39 is 0 Å².